The summed E-state index contributed by atoms with van der Waals surface area (Å²) < 4.78 is 42.7. The maximum Gasteiger partial charge on any atom is 0.289 e. The summed E-state index contributed by atoms with van der Waals surface area (Å²) in [4.78, 5) is 29.3. The monoisotopic (exact) mass is 511 g/mol. The van der Waals surface area contributed by atoms with E-state index in [1.165, 1.54) is 12.3 Å². The molecule has 1 fully saturated rings. The SMILES string of the molecule is O=C(c1ccco1)N1CCN(C(=O)[C@@H](NS(=O)(=O)c2cccc3nsnc23)c2ccccc2)CC1. The number of nitrogens with zero attached hydrogens (tertiary/aromatic N) is 4. The molecule has 0 aliphatic carbocycles. The van der Waals surface area contributed by atoms with Crippen molar-refractivity contribution in [2.75, 3.05) is 26.2 Å². The minimum atomic E-state index is -4.11. The molecule has 0 unspecified atom stereocenters. The second kappa shape index (κ2) is 9.56. The number of carbonyl (C=O) groups is 2. The van der Waals surface area contributed by atoms with E-state index in [2.05, 4.69) is 13.5 Å². The molecule has 3 heterocycles. The molecule has 2 aromatic heterocycles. The van der Waals surface area contributed by atoms with Gasteiger partial charge in [0.1, 0.15) is 22.0 Å². The number of carbonyl (C=O) groups excluding carboxylic acids is 2. The Hall–Kier alpha value is -3.61. The second-order valence-corrected chi connectivity index (χ2v) is 10.2. The van der Waals surface area contributed by atoms with E-state index >= 15 is 0 Å². The highest BCUT2D eigenvalue weighted by Gasteiger charge is 2.34. The number of sulfonamides is 1. The highest BCUT2D eigenvalue weighted by atomic mass is 32.2. The Balaban J connectivity index is 1.38. The van der Waals surface area contributed by atoms with Gasteiger partial charge in [0.15, 0.2) is 5.76 Å². The van der Waals surface area contributed by atoms with Gasteiger partial charge in [-0.15, -0.1) is 0 Å². The summed E-state index contributed by atoms with van der Waals surface area (Å²) in [7, 11) is -4.11. The molecule has 180 valence electrons. The van der Waals surface area contributed by atoms with Crippen molar-refractivity contribution in [2.45, 2.75) is 10.9 Å². The van der Waals surface area contributed by atoms with Gasteiger partial charge in [-0.2, -0.15) is 13.5 Å². The average Bonchev–Trinajstić information content (AvgIpc) is 3.59. The Morgan fingerprint density at radius 2 is 1.66 bits per heavy atom. The van der Waals surface area contributed by atoms with E-state index in [0.29, 0.717) is 24.2 Å². The minimum absolute atomic E-state index is 0.0358. The number of piperazine rings is 1. The molecule has 35 heavy (non-hydrogen) atoms. The molecule has 2 aromatic carbocycles. The third-order valence-electron chi connectivity index (χ3n) is 5.80. The van der Waals surface area contributed by atoms with Gasteiger partial charge >= 0.3 is 0 Å². The third-order valence-corrected chi connectivity index (χ3v) is 7.80. The first-order valence-corrected chi connectivity index (χ1v) is 13.1. The van der Waals surface area contributed by atoms with Crippen LogP contribution in [0.15, 0.2) is 76.2 Å². The van der Waals surface area contributed by atoms with Crippen LogP contribution in [0.3, 0.4) is 0 Å². The van der Waals surface area contributed by atoms with Crippen molar-refractivity contribution in [2.24, 2.45) is 0 Å². The molecule has 0 radical (unpaired) electrons. The van der Waals surface area contributed by atoms with Gasteiger partial charge in [-0.3, -0.25) is 9.59 Å². The number of rotatable bonds is 6. The van der Waals surface area contributed by atoms with Gasteiger partial charge in [0.25, 0.3) is 5.91 Å². The van der Waals surface area contributed by atoms with Gasteiger partial charge < -0.3 is 14.2 Å². The normalized spacial score (nSPS) is 15.3. The smallest absolute Gasteiger partial charge is 0.289 e. The molecule has 4 aromatic rings. The van der Waals surface area contributed by atoms with E-state index in [4.69, 9.17) is 4.42 Å². The summed E-state index contributed by atoms with van der Waals surface area (Å²) >= 11 is 0.923. The minimum Gasteiger partial charge on any atom is -0.459 e. The van der Waals surface area contributed by atoms with Gasteiger partial charge in [0.2, 0.25) is 15.9 Å². The Labute approximate surface area is 205 Å². The van der Waals surface area contributed by atoms with Crippen molar-refractivity contribution in [1.82, 2.24) is 23.3 Å². The van der Waals surface area contributed by atoms with Crippen LogP contribution in [0.5, 0.6) is 0 Å². The third kappa shape index (κ3) is 4.67. The number of hydrogen-bond donors (Lipinski definition) is 1. The zero-order chi connectivity index (χ0) is 24.4. The maximum atomic E-state index is 13.6. The zero-order valence-corrected chi connectivity index (χ0v) is 20.0. The molecular weight excluding hydrogens is 490 g/mol. The molecule has 10 nitrogen and oxygen atoms in total. The number of hydrogen-bond acceptors (Lipinski definition) is 8. The number of fused-ring (bicyclic) bond motifs is 1. The van der Waals surface area contributed by atoms with Crippen molar-refractivity contribution in [3.8, 4) is 0 Å². The summed E-state index contributed by atoms with van der Waals surface area (Å²) in [6, 6.07) is 15.5. The van der Waals surface area contributed by atoms with Crippen LogP contribution in [0.2, 0.25) is 0 Å². The molecule has 1 N–H and O–H groups in total. The van der Waals surface area contributed by atoms with Crippen molar-refractivity contribution < 1.29 is 22.4 Å². The van der Waals surface area contributed by atoms with Crippen LogP contribution in [-0.2, 0) is 14.8 Å². The van der Waals surface area contributed by atoms with E-state index in [-0.39, 0.29) is 35.2 Å². The Bertz CT molecular complexity index is 1450. The fourth-order valence-corrected chi connectivity index (χ4v) is 5.94. The summed E-state index contributed by atoms with van der Waals surface area (Å²) in [5, 5.41) is 0. The van der Waals surface area contributed by atoms with E-state index < -0.39 is 22.0 Å². The highest BCUT2D eigenvalue weighted by Crippen LogP contribution is 2.25. The van der Waals surface area contributed by atoms with E-state index in [1.54, 1.807) is 64.4 Å². The van der Waals surface area contributed by atoms with E-state index in [1.807, 2.05) is 0 Å². The first kappa shape index (κ1) is 23.1. The standard InChI is InChI=1S/C23H21N5O5S2/c29-22(18-9-5-15-33-18)27-11-13-28(14-12-27)23(30)20(16-6-2-1-3-7-16)26-35(31,32)19-10-4-8-17-21(19)25-34-24-17/h1-10,15,20,26H,11-14H2/t20-/m0/s1. The van der Waals surface area contributed by atoms with Crippen LogP contribution in [-0.4, -0.2) is 65.0 Å². The van der Waals surface area contributed by atoms with Gasteiger partial charge in [-0.05, 0) is 29.8 Å². The summed E-state index contributed by atoms with van der Waals surface area (Å²) in [6.45, 7) is 1.15. The Kier molecular flexibility index (Phi) is 6.32. The maximum absolute atomic E-state index is 13.6. The summed E-state index contributed by atoms with van der Waals surface area (Å²) in [5.41, 5.74) is 1.24. The van der Waals surface area contributed by atoms with Gasteiger partial charge in [0.05, 0.1) is 18.0 Å². The van der Waals surface area contributed by atoms with Crippen LogP contribution in [0.1, 0.15) is 22.2 Å². The predicted molar refractivity (Wildman–Crippen MR) is 128 cm³/mol. The van der Waals surface area contributed by atoms with Crippen molar-refractivity contribution in [1.29, 1.82) is 0 Å². The van der Waals surface area contributed by atoms with Gasteiger partial charge in [0, 0.05) is 26.2 Å². The predicted octanol–water partition coefficient (Wildman–Crippen LogP) is 2.29. The lowest BCUT2D eigenvalue weighted by molar-refractivity contribution is -0.134. The van der Waals surface area contributed by atoms with Crippen LogP contribution < -0.4 is 4.72 Å². The lowest BCUT2D eigenvalue weighted by Crippen LogP contribution is -2.53. The lowest BCUT2D eigenvalue weighted by atomic mass is 10.1. The number of aromatic nitrogens is 2. The molecule has 2 amide bonds. The van der Waals surface area contributed by atoms with Crippen LogP contribution >= 0.6 is 11.7 Å². The largest absolute Gasteiger partial charge is 0.459 e. The van der Waals surface area contributed by atoms with Crippen LogP contribution in [0.4, 0.5) is 0 Å². The topological polar surface area (TPSA) is 126 Å². The molecule has 1 aliphatic rings. The lowest BCUT2D eigenvalue weighted by Gasteiger charge is -2.36. The zero-order valence-electron chi connectivity index (χ0n) is 18.4. The van der Waals surface area contributed by atoms with E-state index in [9.17, 15) is 18.0 Å². The second-order valence-electron chi connectivity index (χ2n) is 7.95. The van der Waals surface area contributed by atoms with Gasteiger partial charge in [-0.25, -0.2) is 8.42 Å². The average molecular weight is 512 g/mol. The molecule has 1 saturated heterocycles. The number of amides is 2. The Morgan fingerprint density at radius 3 is 2.37 bits per heavy atom. The van der Waals surface area contributed by atoms with Crippen LogP contribution in [0, 0.1) is 0 Å². The summed E-state index contributed by atoms with van der Waals surface area (Å²) in [6.07, 6.45) is 1.44. The Morgan fingerprint density at radius 1 is 0.914 bits per heavy atom. The van der Waals surface area contributed by atoms with Crippen molar-refractivity contribution >= 4 is 44.6 Å². The molecule has 12 heteroatoms. The molecular formula is C23H21N5O5S2. The van der Waals surface area contributed by atoms with Gasteiger partial charge in [-0.1, -0.05) is 36.4 Å². The summed E-state index contributed by atoms with van der Waals surface area (Å²) in [5.74, 6) is -0.397. The fraction of sp³-hybridized carbons (Fsp3) is 0.217. The molecule has 5 rings (SSSR count). The number of benzene rings is 2. The van der Waals surface area contributed by atoms with E-state index in [0.717, 1.165) is 11.7 Å². The fourth-order valence-electron chi connectivity index (χ4n) is 3.99. The van der Waals surface area contributed by atoms with Crippen molar-refractivity contribution in [3.63, 3.8) is 0 Å². The molecule has 0 saturated carbocycles. The first-order valence-electron chi connectivity index (χ1n) is 10.8. The number of nitrogens with one attached hydrogen (secondary N) is 1. The molecule has 0 bridgehead atoms. The molecule has 1 atom stereocenters. The molecule has 1 aliphatic heterocycles. The number of furan rings is 1. The van der Waals surface area contributed by atoms with Crippen molar-refractivity contribution in [3.05, 3.63) is 78.3 Å². The van der Waals surface area contributed by atoms with Crippen LogP contribution in [0.25, 0.3) is 11.0 Å². The highest BCUT2D eigenvalue weighted by molar-refractivity contribution is 7.89. The first-order chi connectivity index (χ1) is 16.9. The quantitative estimate of drug-likeness (QED) is 0.421. The molecule has 0 spiro atoms.